The lowest BCUT2D eigenvalue weighted by Gasteiger charge is -2.26. The van der Waals surface area contributed by atoms with Crippen LogP contribution in [0.1, 0.15) is 46.5 Å². The molecule has 0 aromatic heterocycles. The number of nitrogens with one attached hydrogen (secondary N) is 2. The van der Waals surface area contributed by atoms with Gasteiger partial charge in [-0.2, -0.15) is 0 Å². The standard InChI is InChI=1S/C13H28N2/c1-11(2)15-9-8-14-10-13-6-4-12(3)5-7-13/h11-15H,4-10H2,1-3H3. The van der Waals surface area contributed by atoms with Crippen molar-refractivity contribution in [2.75, 3.05) is 19.6 Å². The summed E-state index contributed by atoms with van der Waals surface area (Å²) in [7, 11) is 0. The second-order valence-corrected chi connectivity index (χ2v) is 5.44. The summed E-state index contributed by atoms with van der Waals surface area (Å²) in [5.74, 6) is 1.92. The minimum atomic E-state index is 0.613. The van der Waals surface area contributed by atoms with E-state index in [0.29, 0.717) is 6.04 Å². The van der Waals surface area contributed by atoms with Crippen molar-refractivity contribution in [3.05, 3.63) is 0 Å². The SMILES string of the molecule is CC1CCC(CNCCNC(C)C)CC1. The topological polar surface area (TPSA) is 24.1 Å². The van der Waals surface area contributed by atoms with Crippen LogP contribution in [0.4, 0.5) is 0 Å². The highest BCUT2D eigenvalue weighted by Gasteiger charge is 2.17. The summed E-state index contributed by atoms with van der Waals surface area (Å²) in [6, 6.07) is 0.613. The Bertz CT molecular complexity index is 149. The largest absolute Gasteiger partial charge is 0.315 e. The third kappa shape index (κ3) is 6.16. The van der Waals surface area contributed by atoms with E-state index in [-0.39, 0.29) is 0 Å². The van der Waals surface area contributed by atoms with Crippen LogP contribution in [-0.2, 0) is 0 Å². The molecule has 1 aliphatic carbocycles. The Morgan fingerprint density at radius 1 is 1.07 bits per heavy atom. The van der Waals surface area contributed by atoms with E-state index in [1.54, 1.807) is 0 Å². The maximum absolute atomic E-state index is 3.56. The third-order valence-corrected chi connectivity index (χ3v) is 3.42. The lowest BCUT2D eigenvalue weighted by Crippen LogP contribution is -2.34. The lowest BCUT2D eigenvalue weighted by atomic mass is 9.83. The van der Waals surface area contributed by atoms with Crippen LogP contribution < -0.4 is 10.6 Å². The zero-order valence-corrected chi connectivity index (χ0v) is 10.7. The van der Waals surface area contributed by atoms with E-state index in [1.165, 1.54) is 32.2 Å². The molecule has 2 N–H and O–H groups in total. The fraction of sp³-hybridized carbons (Fsp3) is 1.00. The second kappa shape index (κ2) is 7.24. The van der Waals surface area contributed by atoms with Gasteiger partial charge in [0.1, 0.15) is 0 Å². The van der Waals surface area contributed by atoms with Gasteiger partial charge in [-0.25, -0.2) is 0 Å². The molecule has 1 fully saturated rings. The monoisotopic (exact) mass is 212 g/mol. The highest BCUT2D eigenvalue weighted by atomic mass is 15.0. The molecule has 0 bridgehead atoms. The summed E-state index contributed by atoms with van der Waals surface area (Å²) in [6.07, 6.45) is 5.75. The third-order valence-electron chi connectivity index (χ3n) is 3.42. The van der Waals surface area contributed by atoms with Crippen LogP contribution in [0, 0.1) is 11.8 Å². The van der Waals surface area contributed by atoms with E-state index in [4.69, 9.17) is 0 Å². The Balaban J connectivity index is 1.91. The van der Waals surface area contributed by atoms with Crippen molar-refractivity contribution in [1.29, 1.82) is 0 Å². The van der Waals surface area contributed by atoms with Crippen molar-refractivity contribution in [2.45, 2.75) is 52.5 Å². The Labute approximate surface area is 95.2 Å². The van der Waals surface area contributed by atoms with E-state index in [1.807, 2.05) is 0 Å². The summed E-state index contributed by atoms with van der Waals surface area (Å²) < 4.78 is 0. The number of rotatable bonds is 6. The van der Waals surface area contributed by atoms with Gasteiger partial charge in [0.15, 0.2) is 0 Å². The summed E-state index contributed by atoms with van der Waals surface area (Å²) in [5, 5.41) is 6.99. The van der Waals surface area contributed by atoms with Crippen molar-refractivity contribution < 1.29 is 0 Å². The average Bonchev–Trinajstić information content (AvgIpc) is 2.20. The van der Waals surface area contributed by atoms with Crippen LogP contribution in [0.15, 0.2) is 0 Å². The van der Waals surface area contributed by atoms with Crippen LogP contribution in [0.5, 0.6) is 0 Å². The van der Waals surface area contributed by atoms with Crippen LogP contribution in [0.3, 0.4) is 0 Å². The van der Waals surface area contributed by atoms with Gasteiger partial charge in [0.2, 0.25) is 0 Å². The smallest absolute Gasteiger partial charge is 0.00790 e. The predicted octanol–water partition coefficient (Wildman–Crippen LogP) is 2.40. The molecule has 1 aliphatic rings. The first-order valence-corrected chi connectivity index (χ1v) is 6.62. The Hall–Kier alpha value is -0.0800. The summed E-state index contributed by atoms with van der Waals surface area (Å²) in [6.45, 7) is 10.2. The molecule has 0 heterocycles. The Kier molecular flexibility index (Phi) is 6.26. The molecule has 2 nitrogen and oxygen atoms in total. The zero-order valence-electron chi connectivity index (χ0n) is 10.7. The summed E-state index contributed by atoms with van der Waals surface area (Å²) in [4.78, 5) is 0. The molecule has 0 aromatic rings. The first-order chi connectivity index (χ1) is 7.18. The van der Waals surface area contributed by atoms with Gasteiger partial charge >= 0.3 is 0 Å². The van der Waals surface area contributed by atoms with Gasteiger partial charge in [0, 0.05) is 19.1 Å². The van der Waals surface area contributed by atoms with Gasteiger partial charge in [0.05, 0.1) is 0 Å². The van der Waals surface area contributed by atoms with E-state index < -0.39 is 0 Å². The Morgan fingerprint density at radius 2 is 1.73 bits per heavy atom. The van der Waals surface area contributed by atoms with Crippen LogP contribution in [0.2, 0.25) is 0 Å². The van der Waals surface area contributed by atoms with E-state index in [2.05, 4.69) is 31.4 Å². The summed E-state index contributed by atoms with van der Waals surface area (Å²) in [5.41, 5.74) is 0. The van der Waals surface area contributed by atoms with E-state index >= 15 is 0 Å². The number of hydrogen-bond acceptors (Lipinski definition) is 2. The molecule has 1 saturated carbocycles. The first kappa shape index (κ1) is 13.0. The van der Waals surface area contributed by atoms with Gasteiger partial charge < -0.3 is 10.6 Å². The molecular weight excluding hydrogens is 184 g/mol. The van der Waals surface area contributed by atoms with E-state index in [0.717, 1.165) is 24.9 Å². The molecule has 0 radical (unpaired) electrons. The van der Waals surface area contributed by atoms with Gasteiger partial charge in [-0.1, -0.05) is 33.6 Å². The molecule has 0 atom stereocenters. The van der Waals surface area contributed by atoms with Gasteiger partial charge in [-0.3, -0.25) is 0 Å². The zero-order chi connectivity index (χ0) is 11.1. The quantitative estimate of drug-likeness (QED) is 0.661. The van der Waals surface area contributed by atoms with Crippen LogP contribution in [-0.4, -0.2) is 25.7 Å². The molecule has 0 aromatic carbocycles. The molecular formula is C13H28N2. The first-order valence-electron chi connectivity index (χ1n) is 6.62. The highest BCUT2D eigenvalue weighted by molar-refractivity contribution is 4.71. The second-order valence-electron chi connectivity index (χ2n) is 5.44. The van der Waals surface area contributed by atoms with Gasteiger partial charge in [-0.15, -0.1) is 0 Å². The molecule has 0 aliphatic heterocycles. The Morgan fingerprint density at radius 3 is 2.33 bits per heavy atom. The molecule has 1 rings (SSSR count). The minimum absolute atomic E-state index is 0.613. The van der Waals surface area contributed by atoms with E-state index in [9.17, 15) is 0 Å². The maximum Gasteiger partial charge on any atom is 0.00790 e. The van der Waals surface area contributed by atoms with Crippen molar-refractivity contribution in [1.82, 2.24) is 10.6 Å². The van der Waals surface area contributed by atoms with Crippen molar-refractivity contribution in [3.63, 3.8) is 0 Å². The van der Waals surface area contributed by atoms with Crippen molar-refractivity contribution in [2.24, 2.45) is 11.8 Å². The molecule has 90 valence electrons. The van der Waals surface area contributed by atoms with Gasteiger partial charge in [-0.05, 0) is 31.2 Å². The maximum atomic E-state index is 3.56. The normalized spacial score (nSPS) is 27.2. The predicted molar refractivity (Wildman–Crippen MR) is 67.1 cm³/mol. The molecule has 0 unspecified atom stereocenters. The fourth-order valence-electron chi connectivity index (χ4n) is 2.29. The average molecular weight is 212 g/mol. The molecule has 0 saturated heterocycles. The highest BCUT2D eigenvalue weighted by Crippen LogP contribution is 2.27. The molecule has 0 amide bonds. The van der Waals surface area contributed by atoms with Crippen LogP contribution >= 0.6 is 0 Å². The molecule has 0 spiro atoms. The fourth-order valence-corrected chi connectivity index (χ4v) is 2.29. The van der Waals surface area contributed by atoms with Crippen molar-refractivity contribution >= 4 is 0 Å². The molecule has 2 heteroatoms. The minimum Gasteiger partial charge on any atom is -0.315 e. The van der Waals surface area contributed by atoms with Gasteiger partial charge in [0.25, 0.3) is 0 Å². The number of hydrogen-bond donors (Lipinski definition) is 2. The lowest BCUT2D eigenvalue weighted by molar-refractivity contribution is 0.282. The van der Waals surface area contributed by atoms with Crippen molar-refractivity contribution in [3.8, 4) is 0 Å². The van der Waals surface area contributed by atoms with Crippen LogP contribution in [0.25, 0.3) is 0 Å². The summed E-state index contributed by atoms with van der Waals surface area (Å²) >= 11 is 0. The molecule has 15 heavy (non-hydrogen) atoms.